The van der Waals surface area contributed by atoms with Gasteiger partial charge >= 0.3 is 0 Å². The lowest BCUT2D eigenvalue weighted by molar-refractivity contribution is 0.424. The molecule has 0 amide bonds. The number of hydrogen-bond acceptors (Lipinski definition) is 3. The minimum atomic E-state index is -3.66. The molecule has 3 rings (SSSR count). The summed E-state index contributed by atoms with van der Waals surface area (Å²) in [7, 11) is -3.66. The molecule has 0 radical (unpaired) electrons. The zero-order chi connectivity index (χ0) is 14.2. The first-order chi connectivity index (χ1) is 9.63. The molecule has 0 unspecified atom stereocenters. The minimum absolute atomic E-state index is 0.0511. The van der Waals surface area contributed by atoms with E-state index in [0.29, 0.717) is 12.3 Å². The Morgan fingerprint density at radius 2 is 2.00 bits per heavy atom. The van der Waals surface area contributed by atoms with Crippen molar-refractivity contribution in [2.75, 3.05) is 10.8 Å². The number of halogens is 1. The molecule has 0 saturated heterocycles. The fourth-order valence-electron chi connectivity index (χ4n) is 2.43. The molecular weight excluding hydrogens is 298 g/mol. The average Bonchev–Trinajstić information content (AvgIpc) is 2.96. The highest BCUT2D eigenvalue weighted by Gasteiger charge is 2.31. The average molecular weight is 312 g/mol. The molecule has 20 heavy (non-hydrogen) atoms. The van der Waals surface area contributed by atoms with Gasteiger partial charge in [-0.1, -0.05) is 18.2 Å². The summed E-state index contributed by atoms with van der Waals surface area (Å²) < 4.78 is 32.1. The van der Waals surface area contributed by atoms with Crippen molar-refractivity contribution in [2.24, 2.45) is 0 Å². The lowest BCUT2D eigenvalue weighted by atomic mass is 10.0. The fourth-order valence-corrected chi connectivity index (χ4v) is 4.05. The van der Waals surface area contributed by atoms with Crippen LogP contribution in [-0.4, -0.2) is 15.0 Å². The Labute approximate surface area is 123 Å². The summed E-state index contributed by atoms with van der Waals surface area (Å²) in [5.74, 6) is 0.613. The number of sulfonamides is 1. The maximum atomic E-state index is 12.7. The Morgan fingerprint density at radius 3 is 2.75 bits per heavy atom. The van der Waals surface area contributed by atoms with Crippen LogP contribution in [0.25, 0.3) is 0 Å². The predicted octanol–water partition coefficient (Wildman–Crippen LogP) is 3.16. The van der Waals surface area contributed by atoms with Gasteiger partial charge in [0.15, 0.2) is 0 Å². The molecule has 0 bridgehead atoms. The van der Waals surface area contributed by atoms with Crippen LogP contribution in [0.4, 0.5) is 5.69 Å². The molecule has 0 N–H and O–H groups in total. The molecule has 1 aliphatic heterocycles. The van der Waals surface area contributed by atoms with Gasteiger partial charge in [-0.25, -0.2) is 0 Å². The molecule has 0 saturated carbocycles. The highest BCUT2D eigenvalue weighted by molar-refractivity contribution is 7.92. The van der Waals surface area contributed by atoms with E-state index in [1.165, 1.54) is 10.4 Å². The Balaban J connectivity index is 2.04. The van der Waals surface area contributed by atoms with Gasteiger partial charge in [0.2, 0.25) is 5.09 Å². The van der Waals surface area contributed by atoms with Gasteiger partial charge in [0, 0.05) is 6.54 Å². The van der Waals surface area contributed by atoms with Gasteiger partial charge in [0.05, 0.1) is 11.6 Å². The quantitative estimate of drug-likeness (QED) is 0.818. The fraction of sp³-hybridized carbons (Fsp3) is 0.286. The van der Waals surface area contributed by atoms with Gasteiger partial charge in [-0.05, 0) is 36.6 Å². The van der Waals surface area contributed by atoms with Crippen LogP contribution in [0.15, 0.2) is 45.9 Å². The first-order valence-corrected chi connectivity index (χ1v) is 8.36. The third-order valence-electron chi connectivity index (χ3n) is 3.38. The summed E-state index contributed by atoms with van der Waals surface area (Å²) in [4.78, 5) is 0. The number of rotatable bonds is 3. The van der Waals surface area contributed by atoms with E-state index in [0.717, 1.165) is 24.1 Å². The summed E-state index contributed by atoms with van der Waals surface area (Å²) in [6.45, 7) is 0.469. The largest absolute Gasteiger partial charge is 0.447 e. The van der Waals surface area contributed by atoms with E-state index in [1.54, 1.807) is 6.07 Å². The minimum Gasteiger partial charge on any atom is -0.447 e. The topological polar surface area (TPSA) is 50.5 Å². The molecule has 0 atom stereocenters. The maximum absolute atomic E-state index is 12.7. The summed E-state index contributed by atoms with van der Waals surface area (Å²) in [5, 5.41) is -0.0511. The normalized spacial score (nSPS) is 15.2. The van der Waals surface area contributed by atoms with Crippen molar-refractivity contribution < 1.29 is 12.8 Å². The molecule has 0 aliphatic carbocycles. The second-order valence-electron chi connectivity index (χ2n) is 4.66. The van der Waals surface area contributed by atoms with Crippen LogP contribution < -0.4 is 4.31 Å². The maximum Gasteiger partial charge on any atom is 0.297 e. The van der Waals surface area contributed by atoms with E-state index in [2.05, 4.69) is 0 Å². The Bertz CT molecular complexity index is 724. The monoisotopic (exact) mass is 311 g/mol. The number of furan rings is 1. The molecule has 2 aromatic rings. The molecule has 106 valence electrons. The van der Waals surface area contributed by atoms with E-state index in [9.17, 15) is 8.42 Å². The third kappa shape index (κ3) is 2.21. The molecule has 1 aromatic heterocycles. The van der Waals surface area contributed by atoms with Crippen LogP contribution >= 0.6 is 11.6 Å². The number of fused-ring (bicyclic) bond motifs is 1. The van der Waals surface area contributed by atoms with Gasteiger partial charge < -0.3 is 4.42 Å². The number of para-hydroxylation sites is 1. The van der Waals surface area contributed by atoms with Gasteiger partial charge in [-0.2, -0.15) is 8.42 Å². The first kappa shape index (κ1) is 13.5. The summed E-state index contributed by atoms with van der Waals surface area (Å²) in [6, 6.07) is 10.6. The second kappa shape index (κ2) is 5.14. The van der Waals surface area contributed by atoms with Gasteiger partial charge in [-0.3, -0.25) is 4.31 Å². The van der Waals surface area contributed by atoms with Crippen LogP contribution in [0.1, 0.15) is 17.7 Å². The van der Waals surface area contributed by atoms with Crippen LogP contribution in [0.5, 0.6) is 0 Å². The van der Waals surface area contributed by atoms with Crippen LogP contribution in [-0.2, 0) is 22.3 Å². The van der Waals surface area contributed by atoms with Crippen LogP contribution in [0.2, 0.25) is 0 Å². The van der Waals surface area contributed by atoms with Gasteiger partial charge in [-0.15, -0.1) is 11.6 Å². The van der Waals surface area contributed by atoms with E-state index >= 15 is 0 Å². The Hall–Kier alpha value is -1.46. The summed E-state index contributed by atoms with van der Waals surface area (Å²) in [6.07, 6.45) is 1.70. The lowest BCUT2D eigenvalue weighted by Crippen LogP contribution is -2.35. The molecule has 1 aliphatic rings. The van der Waals surface area contributed by atoms with Crippen molar-refractivity contribution in [3.8, 4) is 0 Å². The third-order valence-corrected chi connectivity index (χ3v) is 5.33. The molecule has 0 fully saturated rings. The summed E-state index contributed by atoms with van der Waals surface area (Å²) in [5.41, 5.74) is 1.79. The Kier molecular flexibility index (Phi) is 3.48. The molecule has 0 spiro atoms. The number of nitrogens with zero attached hydrogens (tertiary/aromatic N) is 1. The lowest BCUT2D eigenvalue weighted by Gasteiger charge is -2.29. The van der Waals surface area contributed by atoms with Crippen LogP contribution in [0.3, 0.4) is 0 Å². The number of alkyl halides is 1. The predicted molar refractivity (Wildman–Crippen MR) is 77.6 cm³/mol. The zero-order valence-corrected chi connectivity index (χ0v) is 12.3. The SMILES string of the molecule is O=S(=O)(c1ccc(CCl)o1)N1CCCc2ccccc21. The first-order valence-electron chi connectivity index (χ1n) is 6.38. The smallest absolute Gasteiger partial charge is 0.297 e. The highest BCUT2D eigenvalue weighted by atomic mass is 35.5. The van der Waals surface area contributed by atoms with Crippen molar-refractivity contribution >= 4 is 27.3 Å². The van der Waals surface area contributed by atoms with Crippen molar-refractivity contribution in [2.45, 2.75) is 23.8 Å². The van der Waals surface area contributed by atoms with Crippen molar-refractivity contribution in [1.29, 1.82) is 0 Å². The molecule has 4 nitrogen and oxygen atoms in total. The number of anilines is 1. The van der Waals surface area contributed by atoms with Gasteiger partial charge in [0.25, 0.3) is 10.0 Å². The second-order valence-corrected chi connectivity index (χ2v) is 6.72. The van der Waals surface area contributed by atoms with E-state index in [-0.39, 0.29) is 11.0 Å². The zero-order valence-electron chi connectivity index (χ0n) is 10.8. The standard InChI is InChI=1S/C14H14ClNO3S/c15-10-12-7-8-14(19-12)20(17,18)16-9-3-5-11-4-1-2-6-13(11)16/h1-2,4,6-8H,3,5,9-10H2. The van der Waals surface area contributed by atoms with Crippen molar-refractivity contribution in [3.63, 3.8) is 0 Å². The molecular formula is C14H14ClNO3S. The number of aryl methyl sites for hydroxylation is 1. The number of benzene rings is 1. The van der Waals surface area contributed by atoms with E-state index < -0.39 is 10.0 Å². The van der Waals surface area contributed by atoms with E-state index in [4.69, 9.17) is 16.0 Å². The summed E-state index contributed by atoms with van der Waals surface area (Å²) >= 11 is 5.66. The van der Waals surface area contributed by atoms with Gasteiger partial charge in [0.1, 0.15) is 5.76 Å². The molecule has 2 heterocycles. The molecule has 6 heteroatoms. The van der Waals surface area contributed by atoms with E-state index in [1.807, 2.05) is 24.3 Å². The van der Waals surface area contributed by atoms with Crippen molar-refractivity contribution in [1.82, 2.24) is 0 Å². The highest BCUT2D eigenvalue weighted by Crippen LogP contribution is 2.32. The molecule has 1 aromatic carbocycles. The number of hydrogen-bond donors (Lipinski definition) is 0. The van der Waals surface area contributed by atoms with Crippen molar-refractivity contribution in [3.05, 3.63) is 47.7 Å². The Morgan fingerprint density at radius 1 is 1.20 bits per heavy atom. The van der Waals surface area contributed by atoms with Crippen LogP contribution in [0, 0.1) is 0 Å².